The monoisotopic (exact) mass is 276 g/mol. The standard InChI is InChI=1S/C16H24N2O2/c1-2-12-7-5-9-17-14(12)11-18-16(20)10-13-6-3-4-8-15(13)19/h3-4,6,8,12,14,17,19H,2,5,7,9-11H2,1H3,(H,18,20). The molecule has 4 nitrogen and oxygen atoms in total. The summed E-state index contributed by atoms with van der Waals surface area (Å²) in [6.07, 6.45) is 3.84. The van der Waals surface area contributed by atoms with E-state index in [-0.39, 0.29) is 18.1 Å². The summed E-state index contributed by atoms with van der Waals surface area (Å²) in [6.45, 7) is 3.91. The minimum absolute atomic E-state index is 0.0336. The number of piperidine rings is 1. The van der Waals surface area contributed by atoms with Gasteiger partial charge in [-0.2, -0.15) is 0 Å². The third-order valence-corrected chi connectivity index (χ3v) is 4.11. The van der Waals surface area contributed by atoms with Crippen molar-refractivity contribution in [3.05, 3.63) is 29.8 Å². The smallest absolute Gasteiger partial charge is 0.224 e. The minimum Gasteiger partial charge on any atom is -0.508 e. The number of rotatable bonds is 5. The summed E-state index contributed by atoms with van der Waals surface area (Å²) in [7, 11) is 0. The Labute approximate surface area is 120 Å². The second kappa shape index (κ2) is 7.29. The van der Waals surface area contributed by atoms with Crippen molar-refractivity contribution in [3.63, 3.8) is 0 Å². The van der Waals surface area contributed by atoms with Crippen molar-refractivity contribution in [2.45, 2.75) is 38.6 Å². The SMILES string of the molecule is CCC1CCCNC1CNC(=O)Cc1ccccc1O. The van der Waals surface area contributed by atoms with Gasteiger partial charge >= 0.3 is 0 Å². The van der Waals surface area contributed by atoms with E-state index in [9.17, 15) is 9.90 Å². The molecule has 0 spiro atoms. The Morgan fingerprint density at radius 1 is 1.45 bits per heavy atom. The van der Waals surface area contributed by atoms with Gasteiger partial charge in [0.1, 0.15) is 5.75 Å². The van der Waals surface area contributed by atoms with E-state index in [1.54, 1.807) is 18.2 Å². The zero-order valence-electron chi connectivity index (χ0n) is 12.1. The first-order valence-electron chi connectivity index (χ1n) is 7.47. The van der Waals surface area contributed by atoms with E-state index in [1.807, 2.05) is 6.07 Å². The Morgan fingerprint density at radius 2 is 2.25 bits per heavy atom. The van der Waals surface area contributed by atoms with E-state index in [2.05, 4.69) is 17.6 Å². The zero-order valence-corrected chi connectivity index (χ0v) is 12.1. The van der Waals surface area contributed by atoms with Gasteiger partial charge in [-0.15, -0.1) is 0 Å². The molecule has 3 N–H and O–H groups in total. The minimum atomic E-state index is -0.0336. The number of carbonyl (C=O) groups is 1. The summed E-state index contributed by atoms with van der Waals surface area (Å²) in [5, 5.41) is 16.1. The van der Waals surface area contributed by atoms with Crippen molar-refractivity contribution in [1.82, 2.24) is 10.6 Å². The van der Waals surface area contributed by atoms with Gasteiger partial charge in [-0.25, -0.2) is 0 Å². The Kier molecular flexibility index (Phi) is 5.41. The number of para-hydroxylation sites is 1. The highest BCUT2D eigenvalue weighted by molar-refractivity contribution is 5.79. The lowest BCUT2D eigenvalue weighted by atomic mass is 9.88. The molecule has 20 heavy (non-hydrogen) atoms. The summed E-state index contributed by atoms with van der Waals surface area (Å²) < 4.78 is 0. The maximum Gasteiger partial charge on any atom is 0.224 e. The Hall–Kier alpha value is -1.55. The van der Waals surface area contributed by atoms with E-state index in [0.717, 1.165) is 13.0 Å². The van der Waals surface area contributed by atoms with Crippen LogP contribution >= 0.6 is 0 Å². The topological polar surface area (TPSA) is 61.4 Å². The summed E-state index contributed by atoms with van der Waals surface area (Å²) in [5.41, 5.74) is 0.675. The molecule has 2 rings (SSSR count). The quantitative estimate of drug-likeness (QED) is 0.769. The van der Waals surface area contributed by atoms with Crippen molar-refractivity contribution in [2.75, 3.05) is 13.1 Å². The molecule has 1 amide bonds. The van der Waals surface area contributed by atoms with Gasteiger partial charge in [0, 0.05) is 18.2 Å². The molecule has 0 bridgehead atoms. The van der Waals surface area contributed by atoms with Crippen LogP contribution in [0.15, 0.2) is 24.3 Å². The number of phenols is 1. The molecule has 0 aromatic heterocycles. The molecule has 4 heteroatoms. The van der Waals surface area contributed by atoms with E-state index in [1.165, 1.54) is 12.8 Å². The van der Waals surface area contributed by atoms with Crippen LogP contribution in [-0.4, -0.2) is 30.1 Å². The largest absolute Gasteiger partial charge is 0.508 e. The van der Waals surface area contributed by atoms with Crippen LogP contribution in [0.3, 0.4) is 0 Å². The summed E-state index contributed by atoms with van der Waals surface area (Å²) in [6, 6.07) is 7.36. The first-order chi connectivity index (χ1) is 9.70. The highest BCUT2D eigenvalue weighted by Crippen LogP contribution is 2.19. The van der Waals surface area contributed by atoms with Crippen molar-refractivity contribution in [3.8, 4) is 5.75 Å². The van der Waals surface area contributed by atoms with Gasteiger partial charge in [0.05, 0.1) is 6.42 Å². The van der Waals surface area contributed by atoms with Crippen LogP contribution in [0.4, 0.5) is 0 Å². The Morgan fingerprint density at radius 3 is 3.00 bits per heavy atom. The van der Waals surface area contributed by atoms with Crippen molar-refractivity contribution in [1.29, 1.82) is 0 Å². The van der Waals surface area contributed by atoms with Crippen molar-refractivity contribution in [2.24, 2.45) is 5.92 Å². The molecule has 1 aliphatic rings. The second-order valence-electron chi connectivity index (χ2n) is 5.48. The maximum atomic E-state index is 12.0. The molecule has 0 radical (unpaired) electrons. The highest BCUT2D eigenvalue weighted by Gasteiger charge is 2.23. The number of phenolic OH excluding ortho intramolecular Hbond substituents is 1. The normalized spacial score (nSPS) is 22.4. The van der Waals surface area contributed by atoms with Crippen molar-refractivity contribution >= 4 is 5.91 Å². The van der Waals surface area contributed by atoms with Crippen LogP contribution < -0.4 is 10.6 Å². The molecule has 1 heterocycles. The van der Waals surface area contributed by atoms with E-state index in [0.29, 0.717) is 24.1 Å². The molecule has 1 aliphatic heterocycles. The third-order valence-electron chi connectivity index (χ3n) is 4.11. The van der Waals surface area contributed by atoms with Gasteiger partial charge < -0.3 is 15.7 Å². The second-order valence-corrected chi connectivity index (χ2v) is 5.48. The van der Waals surface area contributed by atoms with Gasteiger partial charge in [-0.3, -0.25) is 4.79 Å². The number of carbonyl (C=O) groups excluding carboxylic acids is 1. The molecule has 2 atom stereocenters. The molecule has 0 saturated carbocycles. The molecule has 1 fully saturated rings. The fourth-order valence-corrected chi connectivity index (χ4v) is 2.87. The van der Waals surface area contributed by atoms with Crippen LogP contribution in [0.2, 0.25) is 0 Å². The molecule has 0 aliphatic carbocycles. The van der Waals surface area contributed by atoms with Crippen LogP contribution in [0.1, 0.15) is 31.7 Å². The molecule has 1 aromatic carbocycles. The van der Waals surface area contributed by atoms with Gasteiger partial charge in [-0.05, 0) is 31.4 Å². The Balaban J connectivity index is 1.81. The molecule has 2 unspecified atom stereocenters. The van der Waals surface area contributed by atoms with Gasteiger partial charge in [-0.1, -0.05) is 31.5 Å². The average molecular weight is 276 g/mol. The van der Waals surface area contributed by atoms with E-state index < -0.39 is 0 Å². The fourth-order valence-electron chi connectivity index (χ4n) is 2.87. The number of amides is 1. The van der Waals surface area contributed by atoms with Gasteiger partial charge in [0.2, 0.25) is 5.91 Å². The Bertz CT molecular complexity index is 448. The molecule has 110 valence electrons. The fraction of sp³-hybridized carbons (Fsp3) is 0.562. The van der Waals surface area contributed by atoms with E-state index in [4.69, 9.17) is 0 Å². The lowest BCUT2D eigenvalue weighted by Crippen LogP contribution is -2.48. The lowest BCUT2D eigenvalue weighted by molar-refractivity contribution is -0.120. The van der Waals surface area contributed by atoms with Crippen LogP contribution in [-0.2, 0) is 11.2 Å². The number of aromatic hydroxyl groups is 1. The average Bonchev–Trinajstić information content (AvgIpc) is 2.48. The predicted molar refractivity (Wildman–Crippen MR) is 79.6 cm³/mol. The number of hydrogen-bond donors (Lipinski definition) is 3. The van der Waals surface area contributed by atoms with Crippen LogP contribution in [0.5, 0.6) is 5.75 Å². The van der Waals surface area contributed by atoms with E-state index >= 15 is 0 Å². The first-order valence-corrected chi connectivity index (χ1v) is 7.47. The molecule has 1 aromatic rings. The molecule has 1 saturated heterocycles. The first kappa shape index (κ1) is 14.9. The van der Waals surface area contributed by atoms with Gasteiger partial charge in [0.15, 0.2) is 0 Å². The zero-order chi connectivity index (χ0) is 14.4. The molecular formula is C16H24N2O2. The van der Waals surface area contributed by atoms with Crippen molar-refractivity contribution < 1.29 is 9.90 Å². The van der Waals surface area contributed by atoms with Crippen LogP contribution in [0.25, 0.3) is 0 Å². The van der Waals surface area contributed by atoms with Crippen LogP contribution in [0, 0.1) is 5.92 Å². The predicted octanol–water partition coefficient (Wildman–Crippen LogP) is 1.83. The summed E-state index contributed by atoms with van der Waals surface area (Å²) in [5.74, 6) is 0.799. The highest BCUT2D eigenvalue weighted by atomic mass is 16.3. The number of hydrogen-bond acceptors (Lipinski definition) is 3. The summed E-state index contributed by atoms with van der Waals surface area (Å²) in [4.78, 5) is 12.0. The molecular weight excluding hydrogens is 252 g/mol. The lowest BCUT2D eigenvalue weighted by Gasteiger charge is -2.32. The van der Waals surface area contributed by atoms with Gasteiger partial charge in [0.25, 0.3) is 0 Å². The summed E-state index contributed by atoms with van der Waals surface area (Å²) >= 11 is 0. The maximum absolute atomic E-state index is 12.0. The number of benzene rings is 1. The third kappa shape index (κ3) is 3.97. The number of nitrogens with one attached hydrogen (secondary N) is 2.